The van der Waals surface area contributed by atoms with E-state index < -0.39 is 6.10 Å². The van der Waals surface area contributed by atoms with E-state index in [1.165, 1.54) is 0 Å². The lowest BCUT2D eigenvalue weighted by atomic mass is 10.0. The molecule has 1 rings (SSSR count). The Morgan fingerprint density at radius 1 is 1.41 bits per heavy atom. The highest BCUT2D eigenvalue weighted by atomic mass is 16.5. The Hall–Kier alpha value is -1.26. The van der Waals surface area contributed by atoms with E-state index in [9.17, 15) is 10.2 Å². The lowest BCUT2D eigenvalue weighted by molar-refractivity contribution is 0.141. The highest BCUT2D eigenvalue weighted by Crippen LogP contribution is 2.30. The summed E-state index contributed by atoms with van der Waals surface area (Å²) in [6.45, 7) is 4.15. The molecule has 0 amide bonds. The SMILES string of the molecule is CCOc1cccc(CCC(O)C(C)N)c1O. The summed E-state index contributed by atoms with van der Waals surface area (Å²) in [6.07, 6.45) is 0.557. The first-order valence-corrected chi connectivity index (χ1v) is 5.93. The molecule has 0 aliphatic heterocycles. The van der Waals surface area contributed by atoms with Crippen LogP contribution in [0.5, 0.6) is 11.5 Å². The van der Waals surface area contributed by atoms with E-state index in [2.05, 4.69) is 0 Å². The van der Waals surface area contributed by atoms with Crippen molar-refractivity contribution in [2.45, 2.75) is 38.8 Å². The van der Waals surface area contributed by atoms with Gasteiger partial charge in [0.2, 0.25) is 0 Å². The van der Waals surface area contributed by atoms with Gasteiger partial charge in [-0.1, -0.05) is 12.1 Å². The van der Waals surface area contributed by atoms with Gasteiger partial charge in [-0.25, -0.2) is 0 Å². The molecule has 0 saturated carbocycles. The summed E-state index contributed by atoms with van der Waals surface area (Å²) in [7, 11) is 0. The molecule has 96 valence electrons. The Balaban J connectivity index is 2.68. The monoisotopic (exact) mass is 239 g/mol. The molecule has 4 heteroatoms. The zero-order valence-electron chi connectivity index (χ0n) is 10.4. The first kappa shape index (κ1) is 13.8. The van der Waals surface area contributed by atoms with Gasteiger partial charge in [-0.05, 0) is 38.3 Å². The van der Waals surface area contributed by atoms with Gasteiger partial charge in [0.1, 0.15) is 0 Å². The van der Waals surface area contributed by atoms with Crippen molar-refractivity contribution in [3.63, 3.8) is 0 Å². The van der Waals surface area contributed by atoms with Gasteiger partial charge in [0.25, 0.3) is 0 Å². The smallest absolute Gasteiger partial charge is 0.161 e. The van der Waals surface area contributed by atoms with Crippen molar-refractivity contribution in [3.05, 3.63) is 23.8 Å². The second-order valence-corrected chi connectivity index (χ2v) is 4.16. The number of nitrogens with two attached hydrogens (primary N) is 1. The number of phenols is 1. The Bertz CT molecular complexity index is 353. The summed E-state index contributed by atoms with van der Waals surface area (Å²) >= 11 is 0. The summed E-state index contributed by atoms with van der Waals surface area (Å²) < 4.78 is 5.29. The predicted octanol–water partition coefficient (Wildman–Crippen LogP) is 1.43. The third-order valence-electron chi connectivity index (χ3n) is 2.70. The molecule has 0 aromatic heterocycles. The minimum Gasteiger partial charge on any atom is -0.504 e. The van der Waals surface area contributed by atoms with Crippen molar-refractivity contribution in [2.24, 2.45) is 5.73 Å². The number of aliphatic hydroxyl groups excluding tert-OH is 1. The normalized spacial score (nSPS) is 14.4. The van der Waals surface area contributed by atoms with Gasteiger partial charge in [0, 0.05) is 6.04 Å². The predicted molar refractivity (Wildman–Crippen MR) is 67.3 cm³/mol. The zero-order chi connectivity index (χ0) is 12.8. The Morgan fingerprint density at radius 3 is 2.71 bits per heavy atom. The zero-order valence-corrected chi connectivity index (χ0v) is 10.4. The average Bonchev–Trinajstić information content (AvgIpc) is 2.30. The van der Waals surface area contributed by atoms with E-state index >= 15 is 0 Å². The maximum Gasteiger partial charge on any atom is 0.161 e. The van der Waals surface area contributed by atoms with Crippen LogP contribution in [0.2, 0.25) is 0 Å². The first-order valence-electron chi connectivity index (χ1n) is 5.93. The van der Waals surface area contributed by atoms with Gasteiger partial charge in [-0.15, -0.1) is 0 Å². The van der Waals surface area contributed by atoms with Crippen LogP contribution in [0.4, 0.5) is 0 Å². The van der Waals surface area contributed by atoms with Gasteiger partial charge < -0.3 is 20.7 Å². The number of aromatic hydroxyl groups is 1. The van der Waals surface area contributed by atoms with E-state index in [1.807, 2.05) is 19.1 Å². The number of aliphatic hydroxyl groups is 1. The lowest BCUT2D eigenvalue weighted by Gasteiger charge is -2.15. The number of hydrogen-bond acceptors (Lipinski definition) is 4. The van der Waals surface area contributed by atoms with Gasteiger partial charge in [0.05, 0.1) is 12.7 Å². The maximum atomic E-state index is 9.93. The Labute approximate surface area is 102 Å². The van der Waals surface area contributed by atoms with Gasteiger partial charge in [-0.3, -0.25) is 0 Å². The molecule has 1 aromatic rings. The number of rotatable bonds is 6. The van der Waals surface area contributed by atoms with E-state index in [0.717, 1.165) is 5.56 Å². The summed E-state index contributed by atoms with van der Waals surface area (Å²) in [5.41, 5.74) is 6.35. The van der Waals surface area contributed by atoms with Gasteiger partial charge in [0.15, 0.2) is 11.5 Å². The van der Waals surface area contributed by atoms with Crippen LogP contribution in [0.3, 0.4) is 0 Å². The highest BCUT2D eigenvalue weighted by molar-refractivity contribution is 5.45. The van der Waals surface area contributed by atoms with E-state index in [4.69, 9.17) is 10.5 Å². The first-order chi connectivity index (χ1) is 8.06. The molecular formula is C13H21NO3. The Kier molecular flexibility index (Phi) is 5.25. The van der Waals surface area contributed by atoms with Crippen LogP contribution in [-0.4, -0.2) is 29.0 Å². The molecule has 0 radical (unpaired) electrons. The molecule has 0 spiro atoms. The van der Waals surface area contributed by atoms with Crippen LogP contribution in [0.15, 0.2) is 18.2 Å². The molecule has 0 aliphatic carbocycles. The molecule has 17 heavy (non-hydrogen) atoms. The summed E-state index contributed by atoms with van der Waals surface area (Å²) in [5, 5.41) is 19.5. The fraction of sp³-hybridized carbons (Fsp3) is 0.538. The largest absolute Gasteiger partial charge is 0.504 e. The standard InChI is InChI=1S/C13H21NO3/c1-3-17-12-6-4-5-10(13(12)16)7-8-11(15)9(2)14/h4-6,9,11,15-16H,3,7-8,14H2,1-2H3. The average molecular weight is 239 g/mol. The van der Waals surface area contributed by atoms with Crippen LogP contribution in [0.25, 0.3) is 0 Å². The molecule has 4 nitrogen and oxygen atoms in total. The number of para-hydroxylation sites is 1. The lowest BCUT2D eigenvalue weighted by Crippen LogP contribution is -2.31. The van der Waals surface area contributed by atoms with Crippen molar-refractivity contribution in [3.8, 4) is 11.5 Å². The molecule has 2 atom stereocenters. The molecule has 0 aliphatic rings. The number of aryl methyl sites for hydroxylation is 1. The summed E-state index contributed by atoms with van der Waals surface area (Å²) in [6, 6.07) is 5.13. The van der Waals surface area contributed by atoms with Crippen LogP contribution >= 0.6 is 0 Å². The summed E-state index contributed by atoms with van der Waals surface area (Å²) in [4.78, 5) is 0. The minimum atomic E-state index is -0.551. The number of ether oxygens (including phenoxy) is 1. The number of benzene rings is 1. The molecular weight excluding hydrogens is 218 g/mol. The molecule has 0 saturated heterocycles. The van der Waals surface area contributed by atoms with E-state index in [0.29, 0.717) is 25.2 Å². The molecule has 2 unspecified atom stereocenters. The second kappa shape index (κ2) is 6.47. The van der Waals surface area contributed by atoms with E-state index in [1.54, 1.807) is 13.0 Å². The quantitative estimate of drug-likeness (QED) is 0.702. The molecule has 0 fully saturated rings. The number of hydrogen-bond donors (Lipinski definition) is 3. The fourth-order valence-electron chi connectivity index (χ4n) is 1.61. The second-order valence-electron chi connectivity index (χ2n) is 4.16. The van der Waals surface area contributed by atoms with Crippen molar-refractivity contribution in [1.82, 2.24) is 0 Å². The number of phenolic OH excluding ortho intramolecular Hbond substituents is 1. The van der Waals surface area contributed by atoms with Crippen LogP contribution in [0.1, 0.15) is 25.8 Å². The van der Waals surface area contributed by atoms with Gasteiger partial charge in [-0.2, -0.15) is 0 Å². The molecule has 0 heterocycles. The van der Waals surface area contributed by atoms with Crippen molar-refractivity contribution < 1.29 is 14.9 Å². The fourth-order valence-corrected chi connectivity index (χ4v) is 1.61. The van der Waals surface area contributed by atoms with Gasteiger partial charge >= 0.3 is 0 Å². The minimum absolute atomic E-state index is 0.159. The van der Waals surface area contributed by atoms with E-state index in [-0.39, 0.29) is 11.8 Å². The van der Waals surface area contributed by atoms with Crippen molar-refractivity contribution >= 4 is 0 Å². The third-order valence-corrected chi connectivity index (χ3v) is 2.70. The maximum absolute atomic E-state index is 9.93. The van der Waals surface area contributed by atoms with Crippen molar-refractivity contribution in [2.75, 3.05) is 6.61 Å². The van der Waals surface area contributed by atoms with Crippen LogP contribution in [-0.2, 0) is 6.42 Å². The van der Waals surface area contributed by atoms with Crippen LogP contribution in [0, 0.1) is 0 Å². The third kappa shape index (κ3) is 3.91. The Morgan fingerprint density at radius 2 is 2.12 bits per heavy atom. The molecule has 4 N–H and O–H groups in total. The molecule has 0 bridgehead atoms. The van der Waals surface area contributed by atoms with Crippen LogP contribution < -0.4 is 10.5 Å². The molecule has 1 aromatic carbocycles. The summed E-state index contributed by atoms with van der Waals surface area (Å²) in [5.74, 6) is 0.645. The topological polar surface area (TPSA) is 75.7 Å². The highest BCUT2D eigenvalue weighted by Gasteiger charge is 2.12. The van der Waals surface area contributed by atoms with Crippen molar-refractivity contribution in [1.29, 1.82) is 0 Å².